The van der Waals surface area contributed by atoms with Gasteiger partial charge in [0.15, 0.2) is 6.61 Å². The molecule has 1 N–H and O–H groups in total. The third kappa shape index (κ3) is 8.36. The van der Waals surface area contributed by atoms with Gasteiger partial charge in [-0.2, -0.15) is 0 Å². The zero-order valence-corrected chi connectivity index (χ0v) is 22.9. The lowest BCUT2D eigenvalue weighted by Crippen LogP contribution is -2.51. The van der Waals surface area contributed by atoms with Crippen molar-refractivity contribution in [2.24, 2.45) is 0 Å². The van der Waals surface area contributed by atoms with Crippen molar-refractivity contribution in [3.05, 3.63) is 101 Å². The van der Waals surface area contributed by atoms with Crippen molar-refractivity contribution in [3.8, 4) is 5.75 Å². The fraction of sp³-hybridized carbons (Fsp3) is 0.355. The van der Waals surface area contributed by atoms with Crippen molar-refractivity contribution >= 4 is 23.4 Å². The molecule has 3 aromatic rings. The Labute approximate surface area is 225 Å². The molecular weight excluding hydrogens is 484 g/mol. The van der Waals surface area contributed by atoms with Crippen LogP contribution < -0.4 is 10.1 Å². The van der Waals surface area contributed by atoms with Crippen molar-refractivity contribution in [1.82, 2.24) is 10.2 Å². The first kappa shape index (κ1) is 28.3. The van der Waals surface area contributed by atoms with Crippen LogP contribution in [0.15, 0.2) is 78.9 Å². The Hall–Kier alpha value is -3.31. The monoisotopic (exact) mass is 520 g/mol. The Morgan fingerprint density at radius 3 is 2.22 bits per heavy atom. The van der Waals surface area contributed by atoms with E-state index in [2.05, 4.69) is 26.1 Å². The second kappa shape index (κ2) is 13.3. The van der Waals surface area contributed by atoms with Gasteiger partial charge in [0.05, 0.1) is 0 Å². The highest BCUT2D eigenvalue weighted by Crippen LogP contribution is 2.25. The molecule has 1 atom stereocenters. The molecule has 196 valence electrons. The molecule has 0 aromatic heterocycles. The summed E-state index contributed by atoms with van der Waals surface area (Å²) in [5.41, 5.74) is 2.95. The molecule has 0 bridgehead atoms. The number of hydrogen-bond donors (Lipinski definition) is 1. The van der Waals surface area contributed by atoms with Gasteiger partial charge in [-0.05, 0) is 46.7 Å². The van der Waals surface area contributed by atoms with Crippen LogP contribution in [-0.4, -0.2) is 35.9 Å². The molecule has 0 saturated heterocycles. The summed E-state index contributed by atoms with van der Waals surface area (Å²) < 4.78 is 5.89. The summed E-state index contributed by atoms with van der Waals surface area (Å²) >= 11 is 6.46. The number of nitrogens with one attached hydrogen (secondary N) is 1. The highest BCUT2D eigenvalue weighted by Gasteiger charge is 2.31. The molecule has 0 spiro atoms. The van der Waals surface area contributed by atoms with Gasteiger partial charge in [0.25, 0.3) is 5.91 Å². The summed E-state index contributed by atoms with van der Waals surface area (Å²) in [5, 5.41) is 3.52. The van der Waals surface area contributed by atoms with Crippen molar-refractivity contribution < 1.29 is 14.3 Å². The number of nitrogens with zero attached hydrogens (tertiary/aromatic N) is 1. The van der Waals surface area contributed by atoms with Gasteiger partial charge in [0.2, 0.25) is 5.91 Å². The molecule has 0 aliphatic carbocycles. The minimum Gasteiger partial charge on any atom is -0.484 e. The van der Waals surface area contributed by atoms with Crippen LogP contribution in [0.3, 0.4) is 0 Å². The maximum Gasteiger partial charge on any atom is 0.261 e. The van der Waals surface area contributed by atoms with Gasteiger partial charge in [0, 0.05) is 24.5 Å². The number of benzene rings is 3. The number of ether oxygens (including phenoxy) is 1. The average molecular weight is 521 g/mol. The first-order valence-electron chi connectivity index (χ1n) is 12.8. The van der Waals surface area contributed by atoms with Crippen LogP contribution in [0.25, 0.3) is 0 Å². The number of amides is 2. The fourth-order valence-electron chi connectivity index (χ4n) is 4.01. The molecule has 3 rings (SSSR count). The van der Waals surface area contributed by atoms with Gasteiger partial charge < -0.3 is 15.0 Å². The Morgan fingerprint density at radius 1 is 0.946 bits per heavy atom. The predicted molar refractivity (Wildman–Crippen MR) is 150 cm³/mol. The van der Waals surface area contributed by atoms with E-state index in [9.17, 15) is 9.59 Å². The van der Waals surface area contributed by atoms with E-state index in [0.29, 0.717) is 23.7 Å². The minimum absolute atomic E-state index is 0.0244. The first-order chi connectivity index (χ1) is 17.7. The van der Waals surface area contributed by atoms with Crippen LogP contribution in [0.1, 0.15) is 50.8 Å². The summed E-state index contributed by atoms with van der Waals surface area (Å²) in [6, 6.07) is 24.2. The third-order valence-electron chi connectivity index (χ3n) is 6.20. The molecule has 6 heteroatoms. The van der Waals surface area contributed by atoms with Gasteiger partial charge in [-0.1, -0.05) is 100.0 Å². The highest BCUT2D eigenvalue weighted by molar-refractivity contribution is 6.31. The van der Waals surface area contributed by atoms with E-state index in [1.165, 1.54) is 5.56 Å². The Bertz CT molecular complexity index is 1160. The summed E-state index contributed by atoms with van der Waals surface area (Å²) in [7, 11) is 0. The van der Waals surface area contributed by atoms with E-state index in [4.69, 9.17) is 16.3 Å². The smallest absolute Gasteiger partial charge is 0.261 e. The number of carbonyl (C=O) groups excluding carboxylic acids is 2. The molecule has 37 heavy (non-hydrogen) atoms. The second-order valence-electron chi connectivity index (χ2n) is 10.2. The van der Waals surface area contributed by atoms with Crippen LogP contribution in [0.2, 0.25) is 5.02 Å². The summed E-state index contributed by atoms with van der Waals surface area (Å²) in [6.45, 7) is 8.99. The highest BCUT2D eigenvalue weighted by atomic mass is 35.5. The van der Waals surface area contributed by atoms with Crippen molar-refractivity contribution in [1.29, 1.82) is 0 Å². The van der Waals surface area contributed by atoms with E-state index in [1.54, 1.807) is 11.0 Å². The molecule has 0 aliphatic rings. The van der Waals surface area contributed by atoms with Gasteiger partial charge in [-0.25, -0.2) is 0 Å². The van der Waals surface area contributed by atoms with E-state index >= 15 is 0 Å². The third-order valence-corrected chi connectivity index (χ3v) is 6.57. The molecular formula is C31H37ClN2O3. The maximum atomic E-state index is 13.6. The van der Waals surface area contributed by atoms with Crippen LogP contribution in [-0.2, 0) is 28.0 Å². The van der Waals surface area contributed by atoms with E-state index in [-0.39, 0.29) is 30.4 Å². The maximum absolute atomic E-state index is 13.6. The predicted octanol–water partition coefficient (Wildman–Crippen LogP) is 6.18. The molecule has 0 heterocycles. The summed E-state index contributed by atoms with van der Waals surface area (Å²) in [6.07, 6.45) is 1.18. The van der Waals surface area contributed by atoms with Crippen molar-refractivity contribution in [2.75, 3.05) is 13.2 Å². The lowest BCUT2D eigenvalue weighted by Gasteiger charge is -2.31. The van der Waals surface area contributed by atoms with Crippen LogP contribution >= 0.6 is 11.6 Å². The quantitative estimate of drug-likeness (QED) is 0.328. The number of carbonyl (C=O) groups is 2. The van der Waals surface area contributed by atoms with Gasteiger partial charge in [-0.15, -0.1) is 0 Å². The number of halogens is 1. The Kier molecular flexibility index (Phi) is 10.2. The summed E-state index contributed by atoms with van der Waals surface area (Å²) in [5.74, 6) is 0.127. The zero-order chi connectivity index (χ0) is 26.8. The molecule has 0 aliphatic heterocycles. The average Bonchev–Trinajstić information content (AvgIpc) is 2.89. The fourth-order valence-corrected chi connectivity index (χ4v) is 4.20. The van der Waals surface area contributed by atoms with Crippen LogP contribution in [0.4, 0.5) is 0 Å². The second-order valence-corrected chi connectivity index (χ2v) is 10.6. The first-order valence-corrected chi connectivity index (χ1v) is 13.1. The lowest BCUT2D eigenvalue weighted by molar-refractivity contribution is -0.142. The van der Waals surface area contributed by atoms with E-state index in [1.807, 2.05) is 79.7 Å². The molecule has 3 aromatic carbocycles. The standard InChI is InChI=1S/C31H37ClN2O3/c1-5-19-33-30(36)28(20-23-11-7-6-8-12-23)34(21-24-13-9-10-14-27(24)32)29(35)22-37-26-17-15-25(16-18-26)31(2,3)4/h6-18,28H,5,19-22H2,1-4H3,(H,33,36)/t28-/m0/s1. The molecule has 5 nitrogen and oxygen atoms in total. The normalized spacial score (nSPS) is 12.0. The van der Waals surface area contributed by atoms with Crippen LogP contribution in [0, 0.1) is 0 Å². The topological polar surface area (TPSA) is 58.6 Å². The van der Waals surface area contributed by atoms with Gasteiger partial charge >= 0.3 is 0 Å². The zero-order valence-electron chi connectivity index (χ0n) is 22.2. The molecule has 0 fully saturated rings. The molecule has 2 amide bonds. The van der Waals surface area contributed by atoms with Crippen molar-refractivity contribution in [3.63, 3.8) is 0 Å². The van der Waals surface area contributed by atoms with E-state index in [0.717, 1.165) is 17.5 Å². The van der Waals surface area contributed by atoms with Crippen molar-refractivity contribution in [2.45, 2.75) is 58.5 Å². The lowest BCUT2D eigenvalue weighted by atomic mass is 9.87. The Balaban J connectivity index is 1.87. The molecule has 0 saturated carbocycles. The SMILES string of the molecule is CCCNC(=O)[C@H](Cc1ccccc1)N(Cc1ccccc1Cl)C(=O)COc1ccc(C(C)(C)C)cc1. The van der Waals surface area contributed by atoms with Crippen LogP contribution in [0.5, 0.6) is 5.75 Å². The molecule has 0 unspecified atom stereocenters. The Morgan fingerprint density at radius 2 is 1.59 bits per heavy atom. The molecule has 0 radical (unpaired) electrons. The minimum atomic E-state index is -0.718. The number of hydrogen-bond acceptors (Lipinski definition) is 3. The van der Waals surface area contributed by atoms with Gasteiger partial charge in [-0.3, -0.25) is 9.59 Å². The summed E-state index contributed by atoms with van der Waals surface area (Å²) in [4.78, 5) is 28.6. The number of rotatable bonds is 11. The van der Waals surface area contributed by atoms with Gasteiger partial charge in [0.1, 0.15) is 11.8 Å². The largest absolute Gasteiger partial charge is 0.484 e. The van der Waals surface area contributed by atoms with E-state index < -0.39 is 6.04 Å².